The number of hydrogen-bond acceptors (Lipinski definition) is 4. The van der Waals surface area contributed by atoms with Crippen LogP contribution in [-0.2, 0) is 10.0 Å². The van der Waals surface area contributed by atoms with Gasteiger partial charge in [0.1, 0.15) is 5.82 Å². The van der Waals surface area contributed by atoms with Gasteiger partial charge in [-0.1, -0.05) is 11.6 Å². The molecule has 0 aliphatic rings. The van der Waals surface area contributed by atoms with Gasteiger partial charge in [0.25, 0.3) is 11.8 Å². The first kappa shape index (κ1) is 22.8. The van der Waals surface area contributed by atoms with Crippen LogP contribution in [0.1, 0.15) is 34.6 Å². The lowest BCUT2D eigenvalue weighted by Crippen LogP contribution is -2.30. The molecule has 2 aromatic carbocycles. The first-order valence-corrected chi connectivity index (χ1v) is 10.4. The summed E-state index contributed by atoms with van der Waals surface area (Å²) >= 11 is 6.03. The Morgan fingerprint density at radius 1 is 1.07 bits per heavy atom. The standard InChI is InChI=1S/C19H21ClFN3O4S/c1-11(2)23-29(27,28)13-6-8-17(21)15(10-13)18(25)22-12-5-7-16(20)14(9-12)19(26)24(3)4/h5-11,23H,1-4H3,(H,22,25). The molecular weight excluding hydrogens is 421 g/mol. The molecule has 0 fully saturated rings. The lowest BCUT2D eigenvalue weighted by molar-refractivity contribution is 0.0827. The molecule has 0 aliphatic heterocycles. The van der Waals surface area contributed by atoms with Gasteiger partial charge in [-0.2, -0.15) is 0 Å². The van der Waals surface area contributed by atoms with Crippen molar-refractivity contribution in [1.82, 2.24) is 9.62 Å². The molecule has 0 aromatic heterocycles. The Hall–Kier alpha value is -2.49. The zero-order chi connectivity index (χ0) is 21.9. The molecule has 156 valence electrons. The van der Waals surface area contributed by atoms with Crippen molar-refractivity contribution in [2.75, 3.05) is 19.4 Å². The Bertz CT molecular complexity index is 1060. The van der Waals surface area contributed by atoms with E-state index in [1.54, 1.807) is 27.9 Å². The maximum atomic E-state index is 14.2. The molecule has 2 N–H and O–H groups in total. The first-order valence-electron chi connectivity index (χ1n) is 8.57. The third-order valence-electron chi connectivity index (χ3n) is 3.74. The molecule has 0 radical (unpaired) electrons. The molecular formula is C19H21ClFN3O4S. The molecule has 0 atom stereocenters. The van der Waals surface area contributed by atoms with Crippen LogP contribution >= 0.6 is 11.6 Å². The highest BCUT2D eigenvalue weighted by Gasteiger charge is 2.21. The van der Waals surface area contributed by atoms with Gasteiger partial charge in [-0.15, -0.1) is 0 Å². The summed E-state index contributed by atoms with van der Waals surface area (Å²) in [6.45, 7) is 3.28. The second-order valence-electron chi connectivity index (χ2n) is 6.77. The van der Waals surface area contributed by atoms with Crippen LogP contribution in [0, 0.1) is 5.82 Å². The molecule has 0 spiro atoms. The average Bonchev–Trinajstić information content (AvgIpc) is 2.61. The Balaban J connectivity index is 2.36. The lowest BCUT2D eigenvalue weighted by atomic mass is 10.1. The number of carbonyl (C=O) groups excluding carboxylic acids is 2. The van der Waals surface area contributed by atoms with Crippen molar-refractivity contribution >= 4 is 39.1 Å². The Labute approximate surface area is 173 Å². The van der Waals surface area contributed by atoms with Crippen LogP contribution in [0.25, 0.3) is 0 Å². The van der Waals surface area contributed by atoms with Gasteiger partial charge >= 0.3 is 0 Å². The fraction of sp³-hybridized carbons (Fsp3) is 0.263. The number of nitrogens with zero attached hydrogens (tertiary/aromatic N) is 1. The molecule has 0 saturated carbocycles. The Kier molecular flexibility index (Phi) is 6.99. The second kappa shape index (κ2) is 8.89. The van der Waals surface area contributed by atoms with Crippen molar-refractivity contribution in [2.24, 2.45) is 0 Å². The zero-order valence-corrected chi connectivity index (χ0v) is 17.9. The molecule has 2 rings (SSSR count). The number of carbonyl (C=O) groups is 2. The van der Waals surface area contributed by atoms with Gasteiger partial charge in [0, 0.05) is 25.8 Å². The number of amides is 2. The first-order chi connectivity index (χ1) is 13.4. The van der Waals surface area contributed by atoms with E-state index in [1.165, 1.54) is 23.1 Å². The van der Waals surface area contributed by atoms with Gasteiger partial charge in [0.15, 0.2) is 0 Å². The third kappa shape index (κ3) is 5.53. The molecule has 0 heterocycles. The van der Waals surface area contributed by atoms with Crippen LogP contribution in [0.4, 0.5) is 10.1 Å². The normalized spacial score (nSPS) is 11.4. The van der Waals surface area contributed by atoms with Gasteiger partial charge < -0.3 is 10.2 Å². The molecule has 7 nitrogen and oxygen atoms in total. The maximum absolute atomic E-state index is 14.2. The van der Waals surface area contributed by atoms with E-state index in [1.807, 2.05) is 0 Å². The summed E-state index contributed by atoms with van der Waals surface area (Å²) in [5, 5.41) is 2.65. The second-order valence-corrected chi connectivity index (χ2v) is 8.89. The van der Waals surface area contributed by atoms with E-state index in [4.69, 9.17) is 11.6 Å². The summed E-state index contributed by atoms with van der Waals surface area (Å²) in [6.07, 6.45) is 0. The number of nitrogens with one attached hydrogen (secondary N) is 2. The Morgan fingerprint density at radius 2 is 1.72 bits per heavy atom. The fourth-order valence-corrected chi connectivity index (χ4v) is 3.91. The van der Waals surface area contributed by atoms with Gasteiger partial charge in [-0.3, -0.25) is 9.59 Å². The quantitative estimate of drug-likeness (QED) is 0.719. The smallest absolute Gasteiger partial charge is 0.258 e. The van der Waals surface area contributed by atoms with Crippen molar-refractivity contribution in [1.29, 1.82) is 0 Å². The van der Waals surface area contributed by atoms with Crippen LogP contribution in [0.3, 0.4) is 0 Å². The van der Waals surface area contributed by atoms with Gasteiger partial charge in [0.2, 0.25) is 10.0 Å². The number of anilines is 1. The molecule has 0 bridgehead atoms. The largest absolute Gasteiger partial charge is 0.345 e. The Morgan fingerprint density at radius 3 is 2.31 bits per heavy atom. The van der Waals surface area contributed by atoms with Crippen molar-refractivity contribution in [3.8, 4) is 0 Å². The maximum Gasteiger partial charge on any atom is 0.258 e. The predicted molar refractivity (Wildman–Crippen MR) is 109 cm³/mol. The monoisotopic (exact) mass is 441 g/mol. The van der Waals surface area contributed by atoms with E-state index in [2.05, 4.69) is 10.0 Å². The predicted octanol–water partition coefficient (Wildman–Crippen LogP) is 3.12. The summed E-state index contributed by atoms with van der Waals surface area (Å²) in [7, 11) is -0.799. The molecule has 0 unspecified atom stereocenters. The number of rotatable bonds is 6. The van der Waals surface area contributed by atoms with Crippen molar-refractivity contribution in [3.05, 3.63) is 58.4 Å². The minimum absolute atomic E-state index is 0.160. The van der Waals surface area contributed by atoms with Crippen molar-refractivity contribution in [3.63, 3.8) is 0 Å². The van der Waals surface area contributed by atoms with E-state index in [0.29, 0.717) is 0 Å². The van der Waals surface area contributed by atoms with Gasteiger partial charge in [-0.05, 0) is 50.2 Å². The molecule has 10 heteroatoms. The summed E-state index contributed by atoms with van der Waals surface area (Å²) in [5.41, 5.74) is -0.0861. The molecule has 29 heavy (non-hydrogen) atoms. The van der Waals surface area contributed by atoms with Crippen LogP contribution in [0.5, 0.6) is 0 Å². The highest BCUT2D eigenvalue weighted by atomic mass is 35.5. The van der Waals surface area contributed by atoms with E-state index in [-0.39, 0.29) is 33.1 Å². The topological polar surface area (TPSA) is 95.6 Å². The number of hydrogen-bond donors (Lipinski definition) is 2. The number of halogens is 2. The van der Waals surface area contributed by atoms with E-state index >= 15 is 0 Å². The average molecular weight is 442 g/mol. The molecule has 2 aromatic rings. The summed E-state index contributed by atoms with van der Waals surface area (Å²) in [5.74, 6) is -2.12. The summed E-state index contributed by atoms with van der Waals surface area (Å²) in [6, 6.07) is 6.81. The van der Waals surface area contributed by atoms with Crippen molar-refractivity contribution in [2.45, 2.75) is 24.8 Å². The zero-order valence-electron chi connectivity index (χ0n) is 16.3. The van der Waals surface area contributed by atoms with Gasteiger partial charge in [0.05, 0.1) is 21.0 Å². The van der Waals surface area contributed by atoms with Crippen LogP contribution in [-0.4, -0.2) is 45.3 Å². The van der Waals surface area contributed by atoms with Crippen LogP contribution in [0.2, 0.25) is 5.02 Å². The molecule has 0 aliphatic carbocycles. The SMILES string of the molecule is CC(C)NS(=O)(=O)c1ccc(F)c(C(=O)Nc2ccc(Cl)c(C(=O)N(C)C)c2)c1. The van der Waals surface area contributed by atoms with E-state index in [0.717, 1.165) is 18.2 Å². The number of sulfonamides is 1. The lowest BCUT2D eigenvalue weighted by Gasteiger charge is -2.14. The van der Waals surface area contributed by atoms with Gasteiger partial charge in [-0.25, -0.2) is 17.5 Å². The summed E-state index contributed by atoms with van der Waals surface area (Å²) in [4.78, 5) is 25.8. The minimum atomic E-state index is -3.90. The van der Waals surface area contributed by atoms with E-state index in [9.17, 15) is 22.4 Å². The third-order valence-corrected chi connectivity index (χ3v) is 5.73. The van der Waals surface area contributed by atoms with Crippen LogP contribution < -0.4 is 10.0 Å². The van der Waals surface area contributed by atoms with Crippen LogP contribution in [0.15, 0.2) is 41.3 Å². The highest BCUT2D eigenvalue weighted by Crippen LogP contribution is 2.23. The summed E-state index contributed by atoms with van der Waals surface area (Å²) < 4.78 is 41.1. The fourth-order valence-electron chi connectivity index (χ4n) is 2.43. The van der Waals surface area contributed by atoms with E-state index < -0.39 is 27.3 Å². The minimum Gasteiger partial charge on any atom is -0.345 e. The molecule has 2 amide bonds. The number of benzene rings is 2. The highest BCUT2D eigenvalue weighted by molar-refractivity contribution is 7.89. The van der Waals surface area contributed by atoms with Crippen molar-refractivity contribution < 1.29 is 22.4 Å². The molecule has 0 saturated heterocycles.